The maximum Gasteiger partial charge on any atom is 0.254 e. The van der Waals surface area contributed by atoms with Crippen molar-refractivity contribution in [3.8, 4) is 5.75 Å². The Hall–Kier alpha value is -3.13. The summed E-state index contributed by atoms with van der Waals surface area (Å²) in [7, 11) is 1.65. The minimum Gasteiger partial charge on any atom is -0.496 e. The molecule has 2 fully saturated rings. The summed E-state index contributed by atoms with van der Waals surface area (Å²) in [6, 6.07) is 5.81. The maximum absolute atomic E-state index is 13.7. The predicted molar refractivity (Wildman–Crippen MR) is 131 cm³/mol. The highest BCUT2D eigenvalue weighted by Gasteiger charge is 2.32. The molecule has 2 aliphatic heterocycles. The number of carbonyl (C=O) groups is 1. The van der Waals surface area contributed by atoms with Gasteiger partial charge in [-0.1, -0.05) is 0 Å². The molecule has 0 aliphatic carbocycles. The molecule has 1 unspecified atom stereocenters. The fourth-order valence-corrected chi connectivity index (χ4v) is 5.31. The Balaban J connectivity index is 1.47. The van der Waals surface area contributed by atoms with Crippen molar-refractivity contribution < 1.29 is 14.6 Å². The number of likely N-dealkylation sites (tertiary alicyclic amines) is 1. The van der Waals surface area contributed by atoms with Crippen LogP contribution in [0, 0.1) is 20.8 Å². The van der Waals surface area contributed by atoms with Gasteiger partial charge in [-0.15, -0.1) is 0 Å². The number of aromatic nitrogens is 3. The van der Waals surface area contributed by atoms with Crippen LogP contribution < -0.4 is 9.64 Å². The van der Waals surface area contributed by atoms with E-state index in [0.29, 0.717) is 13.1 Å². The Morgan fingerprint density at radius 3 is 2.62 bits per heavy atom. The van der Waals surface area contributed by atoms with Crippen LogP contribution >= 0.6 is 0 Å². The Morgan fingerprint density at radius 1 is 1.06 bits per heavy atom. The molecule has 4 heterocycles. The molecular weight excluding hydrogens is 430 g/mol. The van der Waals surface area contributed by atoms with Crippen LogP contribution in [0.15, 0.2) is 24.4 Å². The normalized spacial score (nSPS) is 20.9. The number of benzene rings is 1. The van der Waals surface area contributed by atoms with E-state index in [1.165, 1.54) is 0 Å². The number of amides is 1. The number of rotatable bonds is 4. The number of anilines is 1. The highest BCUT2D eigenvalue weighted by molar-refractivity contribution is 5.96. The van der Waals surface area contributed by atoms with Gasteiger partial charge in [0.15, 0.2) is 5.65 Å². The van der Waals surface area contributed by atoms with Gasteiger partial charge in [-0.05, 0) is 69.7 Å². The molecule has 0 saturated carbocycles. The van der Waals surface area contributed by atoms with Gasteiger partial charge in [0.25, 0.3) is 5.91 Å². The van der Waals surface area contributed by atoms with E-state index in [1.54, 1.807) is 7.11 Å². The van der Waals surface area contributed by atoms with Crippen molar-refractivity contribution in [1.82, 2.24) is 19.5 Å². The van der Waals surface area contributed by atoms with E-state index in [9.17, 15) is 9.90 Å². The first kappa shape index (κ1) is 22.7. The highest BCUT2D eigenvalue weighted by atomic mass is 16.5. The number of aliphatic hydroxyl groups is 1. The third-order valence-electron chi connectivity index (χ3n) is 7.16. The molecule has 0 spiro atoms. The quantitative estimate of drug-likeness (QED) is 0.637. The van der Waals surface area contributed by atoms with E-state index in [-0.39, 0.29) is 18.1 Å². The van der Waals surface area contributed by atoms with Crippen LogP contribution in [0.5, 0.6) is 5.75 Å². The van der Waals surface area contributed by atoms with Crippen molar-refractivity contribution >= 4 is 17.4 Å². The molecule has 1 aromatic carbocycles. The van der Waals surface area contributed by atoms with E-state index in [1.807, 2.05) is 54.6 Å². The van der Waals surface area contributed by atoms with Gasteiger partial charge in [0.05, 0.1) is 24.9 Å². The van der Waals surface area contributed by atoms with Crippen LogP contribution in [-0.2, 0) is 0 Å². The minimum atomic E-state index is -0.301. The lowest BCUT2D eigenvalue weighted by atomic mass is 9.96. The zero-order chi connectivity index (χ0) is 24.0. The molecule has 8 heteroatoms. The molecule has 8 nitrogen and oxygen atoms in total. The fraction of sp³-hybridized carbons (Fsp3) is 0.500. The number of aryl methyl sites for hydroxylation is 3. The number of β-amino-alcohol motifs (C(OH)–C–C–N with tert-alkyl or cyclic N) is 1. The van der Waals surface area contributed by atoms with Crippen LogP contribution in [0.1, 0.15) is 64.5 Å². The summed E-state index contributed by atoms with van der Waals surface area (Å²) >= 11 is 0. The van der Waals surface area contributed by atoms with Crippen LogP contribution in [0.2, 0.25) is 0 Å². The zero-order valence-electron chi connectivity index (χ0n) is 20.4. The van der Waals surface area contributed by atoms with Gasteiger partial charge in [-0.3, -0.25) is 4.79 Å². The second kappa shape index (κ2) is 8.91. The summed E-state index contributed by atoms with van der Waals surface area (Å²) in [5.74, 6) is 1.74. The highest BCUT2D eigenvalue weighted by Crippen LogP contribution is 2.34. The van der Waals surface area contributed by atoms with E-state index in [4.69, 9.17) is 14.8 Å². The van der Waals surface area contributed by atoms with Crippen molar-refractivity contribution in [1.29, 1.82) is 0 Å². The monoisotopic (exact) mass is 463 g/mol. The molecule has 1 amide bonds. The van der Waals surface area contributed by atoms with Crippen LogP contribution in [0.3, 0.4) is 0 Å². The molecule has 3 aromatic rings. The Bertz CT molecular complexity index is 1240. The van der Waals surface area contributed by atoms with E-state index < -0.39 is 0 Å². The standard InChI is InChI=1S/C26H33N5O3/c1-16-12-23(34-4)17(2)11-20(16)26(33)30-9-6-5-7-22(30)21-13-24-27-25(18(3)14-31(24)28-21)29-10-8-19(32)15-29/h11-14,19,22,32H,5-10,15H2,1-4H3/t19-,22?/m1/s1. The third kappa shape index (κ3) is 4.00. The number of ether oxygens (including phenoxy) is 1. The van der Waals surface area contributed by atoms with E-state index in [2.05, 4.69) is 4.90 Å². The second-order valence-electron chi connectivity index (χ2n) is 9.65. The smallest absolute Gasteiger partial charge is 0.254 e. The molecule has 5 rings (SSSR count). The summed E-state index contributed by atoms with van der Waals surface area (Å²) in [4.78, 5) is 22.7. The molecule has 0 bridgehead atoms. The van der Waals surface area contributed by atoms with Gasteiger partial charge in [-0.25, -0.2) is 9.50 Å². The number of hydrogen-bond acceptors (Lipinski definition) is 6. The van der Waals surface area contributed by atoms with Crippen LogP contribution in [0.25, 0.3) is 5.65 Å². The molecular formula is C26H33N5O3. The van der Waals surface area contributed by atoms with Gasteiger partial charge >= 0.3 is 0 Å². The maximum atomic E-state index is 13.7. The average Bonchev–Trinajstić information content (AvgIpc) is 3.44. The number of carbonyl (C=O) groups excluding carboxylic acids is 1. The SMILES string of the molecule is COc1cc(C)c(C(=O)N2CCCCC2c2cc3nc(N4CC[C@@H](O)C4)c(C)cn3n2)cc1C. The molecule has 34 heavy (non-hydrogen) atoms. The summed E-state index contributed by atoms with van der Waals surface area (Å²) in [5.41, 5.74) is 5.27. The summed E-state index contributed by atoms with van der Waals surface area (Å²) in [5, 5.41) is 14.8. The second-order valence-corrected chi connectivity index (χ2v) is 9.65. The van der Waals surface area contributed by atoms with Crippen molar-refractivity contribution in [3.63, 3.8) is 0 Å². The zero-order valence-corrected chi connectivity index (χ0v) is 20.4. The summed E-state index contributed by atoms with van der Waals surface area (Å²) in [6.07, 6.45) is 5.39. The Morgan fingerprint density at radius 2 is 1.88 bits per heavy atom. The Labute approximate surface area is 200 Å². The largest absolute Gasteiger partial charge is 0.496 e. The molecule has 180 valence electrons. The Kier molecular flexibility index (Phi) is 5.93. The lowest BCUT2D eigenvalue weighted by Gasteiger charge is -2.35. The van der Waals surface area contributed by atoms with Gasteiger partial charge in [0, 0.05) is 43.0 Å². The third-order valence-corrected chi connectivity index (χ3v) is 7.16. The van der Waals surface area contributed by atoms with Gasteiger partial charge in [-0.2, -0.15) is 5.10 Å². The fourth-order valence-electron chi connectivity index (χ4n) is 5.31. The number of piperidine rings is 1. The number of methoxy groups -OCH3 is 1. The van der Waals surface area contributed by atoms with Crippen LogP contribution in [0.4, 0.5) is 5.82 Å². The van der Waals surface area contributed by atoms with Gasteiger partial charge in [0.2, 0.25) is 0 Å². The van der Waals surface area contributed by atoms with Crippen molar-refractivity contribution in [2.45, 2.75) is 58.6 Å². The van der Waals surface area contributed by atoms with Crippen molar-refractivity contribution in [2.75, 3.05) is 31.6 Å². The molecule has 2 atom stereocenters. The summed E-state index contributed by atoms with van der Waals surface area (Å²) < 4.78 is 7.25. The first-order chi connectivity index (χ1) is 16.4. The average molecular weight is 464 g/mol. The first-order valence-corrected chi connectivity index (χ1v) is 12.1. The van der Waals surface area contributed by atoms with E-state index >= 15 is 0 Å². The van der Waals surface area contributed by atoms with Gasteiger partial charge in [0.1, 0.15) is 11.6 Å². The molecule has 0 radical (unpaired) electrons. The minimum absolute atomic E-state index is 0.0425. The van der Waals surface area contributed by atoms with Crippen molar-refractivity contribution in [2.24, 2.45) is 0 Å². The first-order valence-electron chi connectivity index (χ1n) is 12.1. The number of hydrogen-bond donors (Lipinski definition) is 1. The predicted octanol–water partition coefficient (Wildman–Crippen LogP) is 3.60. The molecule has 2 saturated heterocycles. The molecule has 2 aliphatic rings. The van der Waals surface area contributed by atoms with E-state index in [0.717, 1.165) is 77.4 Å². The lowest BCUT2D eigenvalue weighted by Crippen LogP contribution is -2.39. The summed E-state index contributed by atoms with van der Waals surface area (Å²) in [6.45, 7) is 8.08. The molecule has 1 N–H and O–H groups in total. The van der Waals surface area contributed by atoms with Gasteiger partial charge < -0.3 is 19.6 Å². The molecule has 2 aromatic heterocycles. The van der Waals surface area contributed by atoms with Crippen LogP contribution in [-0.4, -0.2) is 63.4 Å². The topological polar surface area (TPSA) is 83.2 Å². The number of aliphatic hydroxyl groups excluding tert-OH is 1. The lowest BCUT2D eigenvalue weighted by molar-refractivity contribution is 0.0605. The number of fused-ring (bicyclic) bond motifs is 1. The number of nitrogens with zero attached hydrogens (tertiary/aromatic N) is 5. The van der Waals surface area contributed by atoms with Crippen molar-refractivity contribution in [3.05, 3.63) is 52.3 Å².